The number of hydrogen-bond acceptors (Lipinski definition) is 2. The normalized spacial score (nSPS) is 11.2. The van der Waals surface area contributed by atoms with Gasteiger partial charge in [0.25, 0.3) is 0 Å². The van der Waals surface area contributed by atoms with Crippen molar-refractivity contribution < 1.29 is 0 Å². The summed E-state index contributed by atoms with van der Waals surface area (Å²) in [5, 5.41) is 0.235. The molecule has 0 radical (unpaired) electrons. The van der Waals surface area contributed by atoms with Crippen LogP contribution in [0.5, 0.6) is 0 Å². The van der Waals surface area contributed by atoms with Gasteiger partial charge in [-0.2, -0.15) is 0 Å². The zero-order valence-electron chi connectivity index (χ0n) is 13.5. The largest absolute Gasteiger partial charge is 0.399 e. The molecule has 0 aliphatic carbocycles. The average molecular weight is 591 g/mol. The molecule has 2 N–H and O–H groups in total. The first-order valence-electron chi connectivity index (χ1n) is 7.28. The molecular formula is C17H4Cl10N2. The van der Waals surface area contributed by atoms with Gasteiger partial charge < -0.3 is 5.73 Å². The van der Waals surface area contributed by atoms with E-state index in [1.165, 1.54) is 12.1 Å². The van der Waals surface area contributed by atoms with Crippen molar-refractivity contribution in [3.63, 3.8) is 0 Å². The number of aromatic nitrogens is 1. The third-order valence-electron chi connectivity index (χ3n) is 3.78. The molecule has 0 saturated heterocycles. The molecule has 2 aromatic carbocycles. The fourth-order valence-electron chi connectivity index (χ4n) is 2.47. The van der Waals surface area contributed by atoms with Crippen molar-refractivity contribution in [3.8, 4) is 22.5 Å². The maximum absolute atomic E-state index is 6.34. The van der Waals surface area contributed by atoms with E-state index in [2.05, 4.69) is 4.98 Å². The zero-order chi connectivity index (χ0) is 21.8. The number of halogens is 10. The second kappa shape index (κ2) is 9.03. The maximum atomic E-state index is 6.34. The van der Waals surface area contributed by atoms with Gasteiger partial charge in [-0.1, -0.05) is 116 Å². The topological polar surface area (TPSA) is 38.9 Å². The molecule has 3 aromatic rings. The Labute approximate surface area is 215 Å². The molecule has 0 amide bonds. The number of nitrogens with zero attached hydrogens (tertiary/aromatic N) is 1. The summed E-state index contributed by atoms with van der Waals surface area (Å²) in [5.41, 5.74) is 7.26. The Bertz CT molecular complexity index is 1030. The minimum atomic E-state index is 0.0113. The first-order valence-corrected chi connectivity index (χ1v) is 11.1. The minimum Gasteiger partial charge on any atom is -0.399 e. The summed E-state index contributed by atoms with van der Waals surface area (Å²) in [7, 11) is 0. The summed E-state index contributed by atoms with van der Waals surface area (Å²) < 4.78 is 0. The quantitative estimate of drug-likeness (QED) is 0.238. The highest BCUT2D eigenvalue weighted by Crippen LogP contribution is 2.50. The standard InChI is InChI=1S/C17H4Cl10N2/c18-8-6(9(19)13(23)16(26)12(8)22)4-1-3(28)2-5(29-4)7-10(20)14(24)17(27)15(25)11(7)21/h1-2H,(H2,28,29). The van der Waals surface area contributed by atoms with E-state index in [1.54, 1.807) is 0 Å². The van der Waals surface area contributed by atoms with E-state index < -0.39 is 0 Å². The zero-order valence-corrected chi connectivity index (χ0v) is 21.0. The number of benzene rings is 2. The molecule has 1 aromatic heterocycles. The van der Waals surface area contributed by atoms with Crippen LogP contribution in [-0.2, 0) is 0 Å². The van der Waals surface area contributed by atoms with Crippen molar-refractivity contribution in [1.82, 2.24) is 4.98 Å². The van der Waals surface area contributed by atoms with Crippen molar-refractivity contribution in [2.45, 2.75) is 0 Å². The second-order valence-electron chi connectivity index (χ2n) is 5.56. The highest BCUT2D eigenvalue weighted by atomic mass is 35.5. The lowest BCUT2D eigenvalue weighted by atomic mass is 10.1. The van der Waals surface area contributed by atoms with Crippen LogP contribution in [0.4, 0.5) is 5.69 Å². The molecule has 12 heteroatoms. The van der Waals surface area contributed by atoms with E-state index in [4.69, 9.17) is 122 Å². The van der Waals surface area contributed by atoms with Crippen LogP contribution in [0.25, 0.3) is 22.5 Å². The highest BCUT2D eigenvalue weighted by molar-refractivity contribution is 6.57. The number of nitrogen functional groups attached to an aromatic ring is 1. The van der Waals surface area contributed by atoms with E-state index in [-0.39, 0.29) is 78.4 Å². The molecule has 0 atom stereocenters. The van der Waals surface area contributed by atoms with Gasteiger partial charge in [0.15, 0.2) is 0 Å². The molecule has 0 aliphatic heterocycles. The molecule has 0 aliphatic rings. The molecule has 152 valence electrons. The lowest BCUT2D eigenvalue weighted by Gasteiger charge is -2.16. The summed E-state index contributed by atoms with van der Waals surface area (Å²) in [5.74, 6) is 0. The van der Waals surface area contributed by atoms with Crippen molar-refractivity contribution in [3.05, 3.63) is 62.4 Å². The van der Waals surface area contributed by atoms with Gasteiger partial charge in [0.2, 0.25) is 0 Å². The van der Waals surface area contributed by atoms with E-state index >= 15 is 0 Å². The molecule has 0 saturated carbocycles. The van der Waals surface area contributed by atoms with E-state index in [0.717, 1.165) is 0 Å². The molecule has 3 rings (SSSR count). The van der Waals surface area contributed by atoms with Crippen LogP contribution in [0.2, 0.25) is 50.2 Å². The Morgan fingerprint density at radius 2 is 0.690 bits per heavy atom. The fraction of sp³-hybridized carbons (Fsp3) is 0. The van der Waals surface area contributed by atoms with Gasteiger partial charge in [0, 0.05) is 16.8 Å². The molecule has 1 heterocycles. The van der Waals surface area contributed by atoms with Crippen LogP contribution in [0.3, 0.4) is 0 Å². The number of pyridine rings is 1. The summed E-state index contributed by atoms with van der Waals surface area (Å²) in [4.78, 5) is 4.50. The molecule has 0 fully saturated rings. The molecule has 2 nitrogen and oxygen atoms in total. The predicted octanol–water partition coefficient (Wildman–Crippen LogP) is 10.5. The molecule has 0 spiro atoms. The molecular weight excluding hydrogens is 587 g/mol. The summed E-state index contributed by atoms with van der Waals surface area (Å²) in [6.07, 6.45) is 0. The minimum absolute atomic E-state index is 0.0113. The number of nitrogens with two attached hydrogens (primary N) is 1. The van der Waals surface area contributed by atoms with Gasteiger partial charge in [0.05, 0.1) is 61.6 Å². The maximum Gasteiger partial charge on any atom is 0.0809 e. The Morgan fingerprint density at radius 1 is 0.448 bits per heavy atom. The number of hydrogen-bond donors (Lipinski definition) is 1. The highest BCUT2D eigenvalue weighted by Gasteiger charge is 2.25. The van der Waals surface area contributed by atoms with E-state index in [1.807, 2.05) is 0 Å². The van der Waals surface area contributed by atoms with Gasteiger partial charge in [0.1, 0.15) is 0 Å². The first-order chi connectivity index (χ1) is 13.5. The molecule has 0 unspecified atom stereocenters. The van der Waals surface area contributed by atoms with Crippen LogP contribution in [0.1, 0.15) is 0 Å². The Hall–Kier alpha value is 0.290. The van der Waals surface area contributed by atoms with Crippen molar-refractivity contribution in [2.75, 3.05) is 5.73 Å². The van der Waals surface area contributed by atoms with Crippen LogP contribution < -0.4 is 5.73 Å². The number of anilines is 1. The van der Waals surface area contributed by atoms with E-state index in [9.17, 15) is 0 Å². The lowest BCUT2D eigenvalue weighted by Crippen LogP contribution is -1.97. The van der Waals surface area contributed by atoms with Gasteiger partial charge in [-0.05, 0) is 12.1 Å². The van der Waals surface area contributed by atoms with Crippen LogP contribution in [0, 0.1) is 0 Å². The molecule has 0 bridgehead atoms. The Kier molecular flexibility index (Phi) is 7.46. The summed E-state index contributed by atoms with van der Waals surface area (Å²) in [6.45, 7) is 0. The van der Waals surface area contributed by atoms with Crippen molar-refractivity contribution in [2.24, 2.45) is 0 Å². The van der Waals surface area contributed by atoms with Gasteiger partial charge in [-0.3, -0.25) is 0 Å². The van der Waals surface area contributed by atoms with Crippen molar-refractivity contribution >= 4 is 122 Å². The average Bonchev–Trinajstić information content (AvgIpc) is 2.67. The third kappa shape index (κ3) is 4.19. The predicted molar refractivity (Wildman–Crippen MR) is 130 cm³/mol. The van der Waals surface area contributed by atoms with Crippen LogP contribution in [-0.4, -0.2) is 4.98 Å². The van der Waals surface area contributed by atoms with Gasteiger partial charge >= 0.3 is 0 Å². The number of rotatable bonds is 2. The summed E-state index contributed by atoms with van der Waals surface area (Å²) in [6, 6.07) is 3.02. The fourth-order valence-corrected chi connectivity index (χ4v) is 5.13. The second-order valence-corrected chi connectivity index (χ2v) is 9.34. The smallest absolute Gasteiger partial charge is 0.0809 e. The third-order valence-corrected chi connectivity index (χ3v) is 8.33. The van der Waals surface area contributed by atoms with Gasteiger partial charge in [-0.15, -0.1) is 0 Å². The SMILES string of the molecule is Nc1cc(-c2c(Cl)c(Cl)c(Cl)c(Cl)c2Cl)nc(-c2c(Cl)c(Cl)c(Cl)c(Cl)c2Cl)c1. The molecule has 29 heavy (non-hydrogen) atoms. The van der Waals surface area contributed by atoms with Gasteiger partial charge in [-0.25, -0.2) is 4.98 Å². The Balaban J connectivity index is 2.37. The Morgan fingerprint density at radius 3 is 0.966 bits per heavy atom. The van der Waals surface area contributed by atoms with Crippen LogP contribution in [0.15, 0.2) is 12.1 Å². The monoisotopic (exact) mass is 586 g/mol. The first kappa shape index (κ1) is 23.9. The lowest BCUT2D eigenvalue weighted by molar-refractivity contribution is 1.32. The van der Waals surface area contributed by atoms with Crippen LogP contribution >= 0.6 is 116 Å². The van der Waals surface area contributed by atoms with E-state index in [0.29, 0.717) is 0 Å². The summed E-state index contributed by atoms with van der Waals surface area (Å²) >= 11 is 62.1. The van der Waals surface area contributed by atoms with Crippen molar-refractivity contribution in [1.29, 1.82) is 0 Å².